The second-order valence-corrected chi connectivity index (χ2v) is 7.04. The number of nitrogens with zero attached hydrogens (tertiary/aromatic N) is 3. The van der Waals surface area contributed by atoms with Crippen LogP contribution in [0.5, 0.6) is 0 Å². The van der Waals surface area contributed by atoms with E-state index >= 15 is 0 Å². The van der Waals surface area contributed by atoms with Crippen LogP contribution in [0.3, 0.4) is 0 Å². The summed E-state index contributed by atoms with van der Waals surface area (Å²) in [5.41, 5.74) is 6.02. The minimum atomic E-state index is -0.723. The van der Waals surface area contributed by atoms with E-state index in [0.29, 0.717) is 10.8 Å². The number of hydrogen-bond donors (Lipinski definition) is 2. The number of amides is 1. The molecule has 0 atom stereocenters. The van der Waals surface area contributed by atoms with Crippen LogP contribution >= 0.6 is 11.8 Å². The van der Waals surface area contributed by atoms with E-state index < -0.39 is 10.8 Å². The molecule has 126 valence electrons. The number of aromatic amines is 1. The van der Waals surface area contributed by atoms with Crippen LogP contribution in [0.2, 0.25) is 0 Å². The molecule has 0 spiro atoms. The third-order valence-electron chi connectivity index (χ3n) is 4.06. The van der Waals surface area contributed by atoms with Crippen LogP contribution in [0.1, 0.15) is 42.6 Å². The van der Waals surface area contributed by atoms with Gasteiger partial charge in [-0.1, -0.05) is 19.3 Å². The molecule has 0 saturated heterocycles. The molecular weight excluding hydrogens is 330 g/mol. The van der Waals surface area contributed by atoms with Crippen molar-refractivity contribution in [1.29, 1.82) is 0 Å². The van der Waals surface area contributed by atoms with Crippen molar-refractivity contribution in [2.75, 3.05) is 0 Å². The first kappa shape index (κ1) is 16.4. The maximum Gasteiger partial charge on any atom is 0.271 e. The number of nitro groups is 1. The number of nitrogens with one attached hydrogen (secondary N) is 1. The highest BCUT2D eigenvalue weighted by Gasteiger charge is 2.23. The lowest BCUT2D eigenvalue weighted by molar-refractivity contribution is -0.384. The van der Waals surface area contributed by atoms with Crippen molar-refractivity contribution in [3.8, 4) is 11.3 Å². The average Bonchev–Trinajstić information content (AvgIpc) is 3.05. The summed E-state index contributed by atoms with van der Waals surface area (Å²) in [5.74, 6) is -0.723. The van der Waals surface area contributed by atoms with E-state index in [1.54, 1.807) is 17.8 Å². The van der Waals surface area contributed by atoms with Gasteiger partial charge in [0.15, 0.2) is 5.69 Å². The number of benzene rings is 1. The Hall–Kier alpha value is -2.42. The van der Waals surface area contributed by atoms with Gasteiger partial charge in [0.1, 0.15) is 5.69 Å². The molecule has 1 saturated carbocycles. The molecule has 1 heterocycles. The third-order valence-corrected chi connectivity index (χ3v) is 5.47. The van der Waals surface area contributed by atoms with Gasteiger partial charge in [0.05, 0.1) is 4.92 Å². The SMILES string of the molecule is NC(=O)c1n[nH]nc1-c1cc([N+](=O)[O-])ccc1SC1CCCCC1. The van der Waals surface area contributed by atoms with Gasteiger partial charge in [0.25, 0.3) is 11.6 Å². The van der Waals surface area contributed by atoms with Crippen LogP contribution in [-0.2, 0) is 0 Å². The Balaban J connectivity index is 2.02. The zero-order valence-electron chi connectivity index (χ0n) is 12.9. The molecule has 1 aromatic heterocycles. The van der Waals surface area contributed by atoms with Gasteiger partial charge in [0.2, 0.25) is 0 Å². The van der Waals surface area contributed by atoms with Crippen molar-refractivity contribution in [2.24, 2.45) is 5.73 Å². The molecule has 1 amide bonds. The fourth-order valence-corrected chi connectivity index (χ4v) is 4.23. The number of primary amides is 1. The van der Waals surface area contributed by atoms with Crippen molar-refractivity contribution < 1.29 is 9.72 Å². The van der Waals surface area contributed by atoms with Crippen molar-refractivity contribution in [2.45, 2.75) is 42.2 Å². The van der Waals surface area contributed by atoms with Gasteiger partial charge >= 0.3 is 0 Å². The van der Waals surface area contributed by atoms with Gasteiger partial charge in [-0.25, -0.2) is 0 Å². The molecule has 24 heavy (non-hydrogen) atoms. The van der Waals surface area contributed by atoms with Crippen LogP contribution in [0.4, 0.5) is 5.69 Å². The van der Waals surface area contributed by atoms with Crippen LogP contribution in [0, 0.1) is 10.1 Å². The highest BCUT2D eigenvalue weighted by atomic mass is 32.2. The smallest absolute Gasteiger partial charge is 0.271 e. The first-order chi connectivity index (χ1) is 11.6. The van der Waals surface area contributed by atoms with Gasteiger partial charge in [-0.15, -0.1) is 11.8 Å². The third kappa shape index (κ3) is 3.40. The number of carbonyl (C=O) groups is 1. The highest BCUT2D eigenvalue weighted by Crippen LogP contribution is 2.40. The van der Waals surface area contributed by atoms with Crippen molar-refractivity contribution in [3.63, 3.8) is 0 Å². The summed E-state index contributed by atoms with van der Waals surface area (Å²) in [4.78, 5) is 23.0. The molecule has 2 aromatic rings. The quantitative estimate of drug-likeness (QED) is 0.632. The zero-order valence-corrected chi connectivity index (χ0v) is 13.7. The number of nitro benzene ring substituents is 1. The summed E-state index contributed by atoms with van der Waals surface area (Å²) in [6, 6.07) is 4.61. The predicted octanol–water partition coefficient (Wildman–Crippen LogP) is 2.90. The summed E-state index contributed by atoms with van der Waals surface area (Å²) >= 11 is 1.67. The maximum atomic E-state index is 11.5. The Kier molecular flexibility index (Phi) is 4.79. The molecular formula is C15H17N5O3S. The second-order valence-electron chi connectivity index (χ2n) is 5.70. The molecule has 1 fully saturated rings. The Morgan fingerprint density at radius 3 is 2.71 bits per heavy atom. The molecule has 0 bridgehead atoms. The van der Waals surface area contributed by atoms with Crippen LogP contribution in [-0.4, -0.2) is 31.5 Å². The lowest BCUT2D eigenvalue weighted by Crippen LogP contribution is -2.13. The summed E-state index contributed by atoms with van der Waals surface area (Å²) in [5, 5.41) is 21.7. The molecule has 1 aliphatic carbocycles. The van der Waals surface area contributed by atoms with E-state index in [2.05, 4.69) is 15.4 Å². The zero-order chi connectivity index (χ0) is 17.1. The topological polar surface area (TPSA) is 128 Å². The summed E-state index contributed by atoms with van der Waals surface area (Å²) in [6.45, 7) is 0. The molecule has 0 radical (unpaired) electrons. The number of carbonyl (C=O) groups excluding carboxylic acids is 1. The monoisotopic (exact) mass is 347 g/mol. The normalized spacial score (nSPS) is 15.3. The fourth-order valence-electron chi connectivity index (χ4n) is 2.87. The largest absolute Gasteiger partial charge is 0.364 e. The standard InChI is InChI=1S/C15H17N5O3S/c16-15(21)14-13(17-19-18-14)11-8-9(20(22)23)6-7-12(11)24-10-4-2-1-3-5-10/h6-8,10H,1-5H2,(H2,16,21)(H,17,18,19). The van der Waals surface area contributed by atoms with E-state index in [9.17, 15) is 14.9 Å². The van der Waals surface area contributed by atoms with Crippen LogP contribution < -0.4 is 5.73 Å². The molecule has 3 N–H and O–H groups in total. The molecule has 1 aliphatic rings. The molecule has 8 nitrogen and oxygen atoms in total. The Morgan fingerprint density at radius 1 is 1.29 bits per heavy atom. The first-order valence-electron chi connectivity index (χ1n) is 7.72. The number of H-pyrrole nitrogens is 1. The van der Waals surface area contributed by atoms with E-state index in [0.717, 1.165) is 17.7 Å². The minimum Gasteiger partial charge on any atom is -0.364 e. The molecule has 1 aromatic carbocycles. The summed E-state index contributed by atoms with van der Waals surface area (Å²) < 4.78 is 0. The Morgan fingerprint density at radius 2 is 2.04 bits per heavy atom. The van der Waals surface area contributed by atoms with Crippen molar-refractivity contribution in [3.05, 3.63) is 34.0 Å². The molecule has 9 heteroatoms. The van der Waals surface area contributed by atoms with E-state index in [-0.39, 0.29) is 17.1 Å². The maximum absolute atomic E-state index is 11.5. The fraction of sp³-hybridized carbons (Fsp3) is 0.400. The molecule has 0 unspecified atom stereocenters. The van der Waals surface area contributed by atoms with Crippen molar-refractivity contribution >= 4 is 23.4 Å². The van der Waals surface area contributed by atoms with Crippen molar-refractivity contribution in [1.82, 2.24) is 15.4 Å². The molecule has 0 aliphatic heterocycles. The number of aromatic nitrogens is 3. The Bertz CT molecular complexity index is 770. The number of nitrogens with two attached hydrogens (primary N) is 1. The number of thioether (sulfide) groups is 1. The van der Waals surface area contributed by atoms with Crippen LogP contribution in [0.15, 0.2) is 23.1 Å². The van der Waals surface area contributed by atoms with Gasteiger partial charge in [-0.2, -0.15) is 15.4 Å². The number of non-ortho nitro benzene ring substituents is 1. The van der Waals surface area contributed by atoms with Gasteiger partial charge in [-0.3, -0.25) is 14.9 Å². The van der Waals surface area contributed by atoms with E-state index in [4.69, 9.17) is 5.73 Å². The van der Waals surface area contributed by atoms with Gasteiger partial charge in [0, 0.05) is 27.8 Å². The molecule has 3 rings (SSSR count). The van der Waals surface area contributed by atoms with Gasteiger partial charge < -0.3 is 5.73 Å². The number of rotatable bonds is 5. The number of hydrogen-bond acceptors (Lipinski definition) is 6. The lowest BCUT2D eigenvalue weighted by Gasteiger charge is -2.21. The average molecular weight is 347 g/mol. The highest BCUT2D eigenvalue weighted by molar-refractivity contribution is 8.00. The Labute approximate surface area is 142 Å². The van der Waals surface area contributed by atoms with E-state index in [1.807, 2.05) is 0 Å². The summed E-state index contributed by atoms with van der Waals surface area (Å²) in [7, 11) is 0. The second kappa shape index (κ2) is 7.00. The lowest BCUT2D eigenvalue weighted by atomic mass is 10.0. The minimum absolute atomic E-state index is 0.0130. The first-order valence-corrected chi connectivity index (χ1v) is 8.60. The summed E-state index contributed by atoms with van der Waals surface area (Å²) in [6.07, 6.45) is 5.86. The van der Waals surface area contributed by atoms with Crippen LogP contribution in [0.25, 0.3) is 11.3 Å². The van der Waals surface area contributed by atoms with Gasteiger partial charge in [-0.05, 0) is 18.9 Å². The predicted molar refractivity (Wildman–Crippen MR) is 89.7 cm³/mol. The van der Waals surface area contributed by atoms with E-state index in [1.165, 1.54) is 31.4 Å².